The molecule has 0 radical (unpaired) electrons. The van der Waals surface area contributed by atoms with Crippen LogP contribution in [-0.4, -0.2) is 68.9 Å². The van der Waals surface area contributed by atoms with Crippen LogP contribution in [0.4, 0.5) is 9.59 Å². The highest BCUT2D eigenvalue weighted by molar-refractivity contribution is 5.69. The van der Waals surface area contributed by atoms with Crippen LogP contribution in [0.2, 0.25) is 0 Å². The van der Waals surface area contributed by atoms with Crippen molar-refractivity contribution in [1.29, 1.82) is 0 Å². The molecule has 0 atom stereocenters. The minimum absolute atomic E-state index is 0.0624. The van der Waals surface area contributed by atoms with Crippen molar-refractivity contribution in [3.63, 3.8) is 0 Å². The summed E-state index contributed by atoms with van der Waals surface area (Å²) in [7, 11) is 0. The number of nitrogens with zero attached hydrogens (tertiary/aromatic N) is 2. The number of aliphatic imine (C=N–C) groups is 1. The van der Waals surface area contributed by atoms with Gasteiger partial charge in [-0.05, 0) is 74.6 Å². The van der Waals surface area contributed by atoms with Gasteiger partial charge in [-0.25, -0.2) is 9.59 Å². The highest BCUT2D eigenvalue weighted by Crippen LogP contribution is 2.31. The minimum Gasteiger partial charge on any atom is -0.434 e. The van der Waals surface area contributed by atoms with E-state index in [2.05, 4.69) is 58.4 Å². The van der Waals surface area contributed by atoms with Crippen LogP contribution in [0.1, 0.15) is 55.9 Å². The van der Waals surface area contributed by atoms with Crippen LogP contribution in [0.25, 0.3) is 0 Å². The number of carbonyl (C=O) groups excluding carboxylic acids is 2. The third-order valence-corrected chi connectivity index (χ3v) is 7.22. The van der Waals surface area contributed by atoms with E-state index < -0.39 is 12.3 Å². The SMILES string of the molecule is CCOC(=O)Oc1ccc(CCC=NCCN2CCC(OC(c3ccccc3)c3ccccc3)CC2)cc1OC(=O)OCC. The Labute approximate surface area is 259 Å². The summed E-state index contributed by atoms with van der Waals surface area (Å²) >= 11 is 0. The Balaban J connectivity index is 1.20. The topological polar surface area (TPSA) is 95.9 Å². The lowest BCUT2D eigenvalue weighted by molar-refractivity contribution is -0.0264. The van der Waals surface area contributed by atoms with Gasteiger partial charge in [0.25, 0.3) is 0 Å². The summed E-state index contributed by atoms with van der Waals surface area (Å²) in [6, 6.07) is 25.9. The van der Waals surface area contributed by atoms with Crippen molar-refractivity contribution in [2.45, 2.75) is 51.7 Å². The van der Waals surface area contributed by atoms with Gasteiger partial charge in [-0.1, -0.05) is 66.7 Å². The van der Waals surface area contributed by atoms with Crippen LogP contribution < -0.4 is 9.47 Å². The Morgan fingerprint density at radius 3 is 2.02 bits per heavy atom. The Kier molecular flexibility index (Phi) is 13.2. The maximum absolute atomic E-state index is 11.9. The van der Waals surface area contributed by atoms with Crippen molar-refractivity contribution in [2.75, 3.05) is 39.4 Å². The summed E-state index contributed by atoms with van der Waals surface area (Å²) in [6.45, 7) is 7.29. The van der Waals surface area contributed by atoms with E-state index in [9.17, 15) is 9.59 Å². The number of benzene rings is 3. The van der Waals surface area contributed by atoms with Crippen molar-refractivity contribution in [3.8, 4) is 11.5 Å². The van der Waals surface area contributed by atoms with Crippen molar-refractivity contribution < 1.29 is 33.3 Å². The van der Waals surface area contributed by atoms with E-state index in [0.717, 1.165) is 44.6 Å². The number of hydrogen-bond acceptors (Lipinski definition) is 9. The number of ether oxygens (including phenoxy) is 5. The molecule has 1 aliphatic heterocycles. The van der Waals surface area contributed by atoms with Crippen molar-refractivity contribution in [1.82, 2.24) is 4.90 Å². The highest BCUT2D eigenvalue weighted by atomic mass is 16.7. The van der Waals surface area contributed by atoms with Gasteiger partial charge in [0.15, 0.2) is 11.5 Å². The smallest absolute Gasteiger partial charge is 0.434 e. The largest absolute Gasteiger partial charge is 0.513 e. The molecule has 1 heterocycles. The second-order valence-electron chi connectivity index (χ2n) is 10.4. The number of rotatable bonds is 14. The van der Waals surface area contributed by atoms with Gasteiger partial charge in [-0.3, -0.25) is 4.99 Å². The Morgan fingerprint density at radius 1 is 0.841 bits per heavy atom. The van der Waals surface area contributed by atoms with Crippen molar-refractivity contribution in [3.05, 3.63) is 95.6 Å². The zero-order valence-electron chi connectivity index (χ0n) is 25.6. The maximum atomic E-state index is 11.9. The molecule has 0 amide bonds. The molecule has 0 aliphatic carbocycles. The number of likely N-dealkylation sites (tertiary alicyclic amines) is 1. The predicted molar refractivity (Wildman–Crippen MR) is 169 cm³/mol. The van der Waals surface area contributed by atoms with E-state index in [4.69, 9.17) is 23.7 Å². The molecular formula is C35H42N2O7. The highest BCUT2D eigenvalue weighted by Gasteiger charge is 2.24. The molecule has 9 heteroatoms. The molecular weight excluding hydrogens is 560 g/mol. The molecule has 0 saturated carbocycles. The molecule has 0 N–H and O–H groups in total. The van der Waals surface area contributed by atoms with Gasteiger partial charge >= 0.3 is 12.3 Å². The molecule has 3 aromatic rings. The van der Waals surface area contributed by atoms with Crippen LogP contribution in [0.5, 0.6) is 11.5 Å². The lowest BCUT2D eigenvalue weighted by Gasteiger charge is -2.34. The van der Waals surface area contributed by atoms with E-state index in [-0.39, 0.29) is 36.9 Å². The number of aryl methyl sites for hydroxylation is 1. The molecule has 234 valence electrons. The summed E-state index contributed by atoms with van der Waals surface area (Å²) in [5, 5.41) is 0. The summed E-state index contributed by atoms with van der Waals surface area (Å²) in [5.41, 5.74) is 3.26. The van der Waals surface area contributed by atoms with Crippen molar-refractivity contribution in [2.24, 2.45) is 4.99 Å². The molecule has 9 nitrogen and oxygen atoms in total. The summed E-state index contributed by atoms with van der Waals surface area (Å²) in [6.07, 6.45) is 3.71. The van der Waals surface area contributed by atoms with Gasteiger partial charge in [0.1, 0.15) is 6.10 Å². The Morgan fingerprint density at radius 2 is 1.43 bits per heavy atom. The van der Waals surface area contributed by atoms with E-state index in [1.54, 1.807) is 26.0 Å². The third-order valence-electron chi connectivity index (χ3n) is 7.22. The molecule has 0 bridgehead atoms. The Hall–Kier alpha value is -4.21. The van der Waals surface area contributed by atoms with Gasteiger partial charge in [-0.15, -0.1) is 0 Å². The standard InChI is InChI=1S/C35H42N2O7/c1-3-40-34(38)43-31-18-17-27(26-32(31)44-35(39)41-4-2)12-11-21-36-22-25-37-23-19-30(20-24-37)42-33(28-13-7-5-8-14-28)29-15-9-6-10-16-29/h5-10,13-18,21,26,30,33H,3-4,11-12,19-20,22-25H2,1-2H3. The quantitative estimate of drug-likeness (QED) is 0.110. The second kappa shape index (κ2) is 17.8. The minimum atomic E-state index is -0.874. The average molecular weight is 603 g/mol. The molecule has 4 rings (SSSR count). The summed E-state index contributed by atoms with van der Waals surface area (Å²) in [4.78, 5) is 30.7. The number of piperidine rings is 1. The van der Waals surface area contributed by atoms with Gasteiger partial charge in [-0.2, -0.15) is 0 Å². The van der Waals surface area contributed by atoms with E-state index >= 15 is 0 Å². The molecule has 44 heavy (non-hydrogen) atoms. The first-order chi connectivity index (χ1) is 21.6. The first-order valence-electron chi connectivity index (χ1n) is 15.3. The zero-order chi connectivity index (χ0) is 31.0. The van der Waals surface area contributed by atoms with Gasteiger partial charge < -0.3 is 28.6 Å². The first-order valence-corrected chi connectivity index (χ1v) is 15.3. The number of hydrogen-bond donors (Lipinski definition) is 0. The molecule has 0 aromatic heterocycles. The fourth-order valence-corrected chi connectivity index (χ4v) is 5.03. The second-order valence-corrected chi connectivity index (χ2v) is 10.4. The van der Waals surface area contributed by atoms with Crippen LogP contribution in [-0.2, 0) is 20.6 Å². The van der Waals surface area contributed by atoms with E-state index in [1.807, 2.05) is 24.4 Å². The zero-order valence-corrected chi connectivity index (χ0v) is 25.6. The van der Waals surface area contributed by atoms with Crippen molar-refractivity contribution >= 4 is 18.5 Å². The first kappa shape index (κ1) is 32.7. The predicted octanol–water partition coefficient (Wildman–Crippen LogP) is 7.03. The molecule has 1 saturated heterocycles. The van der Waals surface area contributed by atoms with Crippen LogP contribution in [0.3, 0.4) is 0 Å². The fraction of sp³-hybridized carbons (Fsp3) is 0.400. The normalized spacial score (nSPS) is 14.1. The molecule has 0 spiro atoms. The van der Waals surface area contributed by atoms with E-state index in [0.29, 0.717) is 12.8 Å². The van der Waals surface area contributed by atoms with Gasteiger partial charge in [0, 0.05) is 19.6 Å². The monoisotopic (exact) mass is 602 g/mol. The lowest BCUT2D eigenvalue weighted by Crippen LogP contribution is -2.38. The van der Waals surface area contributed by atoms with Crippen LogP contribution >= 0.6 is 0 Å². The van der Waals surface area contributed by atoms with Gasteiger partial charge in [0.05, 0.1) is 25.9 Å². The number of carbonyl (C=O) groups is 2. The molecule has 1 fully saturated rings. The van der Waals surface area contributed by atoms with Crippen LogP contribution in [0, 0.1) is 0 Å². The van der Waals surface area contributed by atoms with E-state index in [1.165, 1.54) is 11.1 Å². The lowest BCUT2D eigenvalue weighted by atomic mass is 10.00. The molecule has 1 aliphatic rings. The third kappa shape index (κ3) is 10.5. The maximum Gasteiger partial charge on any atom is 0.513 e. The fourth-order valence-electron chi connectivity index (χ4n) is 5.03. The Bertz CT molecular complexity index is 1290. The molecule has 3 aromatic carbocycles. The summed E-state index contributed by atoms with van der Waals surface area (Å²) < 4.78 is 26.8. The average Bonchev–Trinajstić information content (AvgIpc) is 3.04. The summed E-state index contributed by atoms with van der Waals surface area (Å²) in [5.74, 6) is 0.177. The molecule has 0 unspecified atom stereocenters. The van der Waals surface area contributed by atoms with Crippen LogP contribution in [0.15, 0.2) is 83.9 Å². The van der Waals surface area contributed by atoms with Gasteiger partial charge in [0.2, 0.25) is 0 Å².